The molecule has 5 nitrogen and oxygen atoms in total. The molecule has 1 aliphatic rings. The lowest BCUT2D eigenvalue weighted by Gasteiger charge is -2.29. The molecular weight excluding hydrogens is 324 g/mol. The lowest BCUT2D eigenvalue weighted by atomic mass is 10.0. The highest BCUT2D eigenvalue weighted by atomic mass is 16.2. The Bertz CT molecular complexity index is 954. The van der Waals surface area contributed by atoms with Crippen LogP contribution < -0.4 is 10.2 Å². The van der Waals surface area contributed by atoms with E-state index in [2.05, 4.69) is 21.4 Å². The molecule has 0 bridgehead atoms. The normalized spacial score (nSPS) is 13.2. The molecule has 0 fully saturated rings. The number of nitrogens with zero attached hydrogens (tertiary/aromatic N) is 3. The van der Waals surface area contributed by atoms with Crippen LogP contribution in [0.15, 0.2) is 60.9 Å². The van der Waals surface area contributed by atoms with Crippen molar-refractivity contribution in [1.29, 1.82) is 0 Å². The maximum absolute atomic E-state index is 13.0. The molecule has 0 unspecified atom stereocenters. The molecule has 2 aromatic carbocycles. The smallest absolute Gasteiger partial charge is 0.277 e. The summed E-state index contributed by atoms with van der Waals surface area (Å²) in [5.41, 5.74) is 4.68. The highest BCUT2D eigenvalue weighted by Gasteiger charge is 2.24. The number of hydrogen-bond donors (Lipinski definition) is 1. The fraction of sp³-hybridized carbons (Fsp3) is 0.190. The Hall–Kier alpha value is -3.21. The van der Waals surface area contributed by atoms with Crippen molar-refractivity contribution < 1.29 is 4.79 Å². The van der Waals surface area contributed by atoms with Gasteiger partial charge in [0, 0.05) is 24.0 Å². The summed E-state index contributed by atoms with van der Waals surface area (Å²) in [5.74, 6) is 0.520. The van der Waals surface area contributed by atoms with Crippen LogP contribution in [0.2, 0.25) is 0 Å². The second-order valence-electron chi connectivity index (χ2n) is 6.47. The summed E-state index contributed by atoms with van der Waals surface area (Å²) >= 11 is 0. The van der Waals surface area contributed by atoms with Gasteiger partial charge in [0.15, 0.2) is 0 Å². The van der Waals surface area contributed by atoms with Gasteiger partial charge in [-0.2, -0.15) is 0 Å². The van der Waals surface area contributed by atoms with E-state index in [-0.39, 0.29) is 5.91 Å². The van der Waals surface area contributed by atoms with Gasteiger partial charge in [0.25, 0.3) is 5.91 Å². The van der Waals surface area contributed by atoms with Gasteiger partial charge in [-0.25, -0.2) is 9.97 Å². The van der Waals surface area contributed by atoms with Crippen molar-refractivity contribution in [2.24, 2.45) is 0 Å². The molecule has 0 aliphatic carbocycles. The van der Waals surface area contributed by atoms with Gasteiger partial charge in [0.1, 0.15) is 17.8 Å². The number of anilines is 3. The minimum Gasteiger partial charge on any atom is -0.340 e. The van der Waals surface area contributed by atoms with Gasteiger partial charge in [-0.3, -0.25) is 4.79 Å². The Kier molecular flexibility index (Phi) is 4.35. The minimum atomic E-state index is -0.0909. The number of hydrogen-bond acceptors (Lipinski definition) is 4. The van der Waals surface area contributed by atoms with Crippen LogP contribution in [0.3, 0.4) is 0 Å². The van der Waals surface area contributed by atoms with Crippen molar-refractivity contribution in [2.75, 3.05) is 16.8 Å². The molecule has 26 heavy (non-hydrogen) atoms. The topological polar surface area (TPSA) is 58.1 Å². The molecule has 0 radical (unpaired) electrons. The number of benzene rings is 2. The van der Waals surface area contributed by atoms with Crippen LogP contribution in [-0.4, -0.2) is 22.4 Å². The lowest BCUT2D eigenvalue weighted by Crippen LogP contribution is -2.36. The predicted molar refractivity (Wildman–Crippen MR) is 103 cm³/mol. The number of amides is 1. The molecule has 2 heterocycles. The molecule has 1 aromatic heterocycles. The van der Waals surface area contributed by atoms with Crippen LogP contribution in [0.5, 0.6) is 0 Å². The second kappa shape index (κ2) is 6.96. The largest absolute Gasteiger partial charge is 0.340 e. The van der Waals surface area contributed by atoms with Gasteiger partial charge >= 0.3 is 0 Å². The number of aryl methyl sites for hydroxylation is 2. The van der Waals surface area contributed by atoms with Crippen molar-refractivity contribution in [1.82, 2.24) is 9.97 Å². The zero-order chi connectivity index (χ0) is 17.9. The van der Waals surface area contributed by atoms with Gasteiger partial charge in [-0.05, 0) is 49.1 Å². The van der Waals surface area contributed by atoms with Crippen LogP contribution in [0.25, 0.3) is 0 Å². The van der Waals surface area contributed by atoms with Crippen molar-refractivity contribution in [3.8, 4) is 0 Å². The number of carbonyl (C=O) groups is 1. The summed E-state index contributed by atoms with van der Waals surface area (Å²) in [7, 11) is 0. The number of aromatic nitrogens is 2. The third kappa shape index (κ3) is 3.28. The minimum absolute atomic E-state index is 0.0909. The lowest BCUT2D eigenvalue weighted by molar-refractivity contribution is 0.0980. The Balaban J connectivity index is 1.60. The number of rotatable bonds is 3. The number of para-hydroxylation sites is 1. The fourth-order valence-electron chi connectivity index (χ4n) is 3.30. The molecule has 0 saturated heterocycles. The first-order valence-corrected chi connectivity index (χ1v) is 8.76. The van der Waals surface area contributed by atoms with Crippen LogP contribution in [0.1, 0.15) is 28.0 Å². The van der Waals surface area contributed by atoms with Crippen LogP contribution in [0.4, 0.5) is 17.2 Å². The van der Waals surface area contributed by atoms with Crippen LogP contribution in [-0.2, 0) is 6.42 Å². The van der Waals surface area contributed by atoms with E-state index in [9.17, 15) is 4.79 Å². The average molecular weight is 344 g/mol. The zero-order valence-electron chi connectivity index (χ0n) is 14.6. The molecule has 1 N–H and O–H groups in total. The number of fused-ring (bicyclic) bond motifs is 1. The Morgan fingerprint density at radius 1 is 1.08 bits per heavy atom. The first kappa shape index (κ1) is 16.3. The Morgan fingerprint density at radius 2 is 1.96 bits per heavy atom. The molecule has 3 aromatic rings. The number of carbonyl (C=O) groups excluding carboxylic acids is 1. The quantitative estimate of drug-likeness (QED) is 0.776. The molecular formula is C21H20N4O. The summed E-state index contributed by atoms with van der Waals surface area (Å²) in [5, 5.41) is 3.24. The molecule has 0 saturated carbocycles. The standard InChI is InChI=1S/C21H20N4O/c1-15-6-4-9-17(12-15)24-20-13-18(22-14-23-20)21(26)25-11-5-8-16-7-2-3-10-19(16)25/h2-4,6-7,9-10,12-14H,5,8,11H2,1H3,(H,22,23,24). The fourth-order valence-corrected chi connectivity index (χ4v) is 3.30. The van der Waals surface area contributed by atoms with Crippen molar-refractivity contribution in [2.45, 2.75) is 19.8 Å². The Morgan fingerprint density at radius 3 is 2.85 bits per heavy atom. The molecule has 4 rings (SSSR count). The summed E-state index contributed by atoms with van der Waals surface area (Å²) < 4.78 is 0. The average Bonchev–Trinajstić information content (AvgIpc) is 2.67. The van der Waals surface area contributed by atoms with E-state index in [1.807, 2.05) is 54.3 Å². The Labute approximate surface area is 152 Å². The van der Waals surface area contributed by atoms with Gasteiger partial charge < -0.3 is 10.2 Å². The molecule has 5 heteroatoms. The van der Waals surface area contributed by atoms with E-state index in [4.69, 9.17) is 0 Å². The third-order valence-corrected chi connectivity index (χ3v) is 4.53. The number of nitrogens with one attached hydrogen (secondary N) is 1. The molecule has 0 spiro atoms. The monoisotopic (exact) mass is 344 g/mol. The zero-order valence-corrected chi connectivity index (χ0v) is 14.6. The summed E-state index contributed by atoms with van der Waals surface area (Å²) in [6.07, 6.45) is 3.40. The van der Waals surface area contributed by atoms with Crippen LogP contribution >= 0.6 is 0 Å². The summed E-state index contributed by atoms with van der Waals surface area (Å²) in [6.45, 7) is 2.74. The maximum atomic E-state index is 13.0. The van der Waals surface area contributed by atoms with E-state index in [1.165, 1.54) is 11.9 Å². The SMILES string of the molecule is Cc1cccc(Nc2cc(C(=O)N3CCCc4ccccc43)ncn2)c1. The van der Waals surface area contributed by atoms with E-state index in [1.54, 1.807) is 6.07 Å². The molecule has 1 amide bonds. The van der Waals surface area contributed by atoms with Gasteiger partial charge in [-0.15, -0.1) is 0 Å². The molecule has 130 valence electrons. The summed E-state index contributed by atoms with van der Waals surface area (Å²) in [4.78, 5) is 23.3. The first-order chi connectivity index (χ1) is 12.7. The van der Waals surface area contributed by atoms with E-state index in [0.29, 0.717) is 18.1 Å². The van der Waals surface area contributed by atoms with E-state index < -0.39 is 0 Å². The van der Waals surface area contributed by atoms with Gasteiger partial charge in [0.05, 0.1) is 0 Å². The van der Waals surface area contributed by atoms with Crippen LogP contribution in [0, 0.1) is 6.92 Å². The predicted octanol–water partition coefficient (Wildman–Crippen LogP) is 4.12. The molecule has 0 atom stereocenters. The van der Waals surface area contributed by atoms with Crippen molar-refractivity contribution in [3.63, 3.8) is 0 Å². The highest BCUT2D eigenvalue weighted by Crippen LogP contribution is 2.28. The highest BCUT2D eigenvalue weighted by molar-refractivity contribution is 6.05. The van der Waals surface area contributed by atoms with Crippen molar-refractivity contribution >= 4 is 23.1 Å². The van der Waals surface area contributed by atoms with E-state index in [0.717, 1.165) is 29.8 Å². The molecule has 1 aliphatic heterocycles. The summed E-state index contributed by atoms with van der Waals surface area (Å²) in [6, 6.07) is 17.8. The van der Waals surface area contributed by atoms with Gasteiger partial charge in [-0.1, -0.05) is 30.3 Å². The van der Waals surface area contributed by atoms with Crippen molar-refractivity contribution in [3.05, 3.63) is 77.7 Å². The second-order valence-corrected chi connectivity index (χ2v) is 6.47. The van der Waals surface area contributed by atoms with E-state index >= 15 is 0 Å². The van der Waals surface area contributed by atoms with Gasteiger partial charge in [0.2, 0.25) is 0 Å². The third-order valence-electron chi connectivity index (χ3n) is 4.53. The maximum Gasteiger partial charge on any atom is 0.277 e. The first-order valence-electron chi connectivity index (χ1n) is 8.76.